The number of anilines is 1. The van der Waals surface area contributed by atoms with E-state index in [1.54, 1.807) is 0 Å². The smallest absolute Gasteiger partial charge is 0.430 e. The fraction of sp³-hybridized carbons (Fsp3) is 0.278. The predicted octanol–water partition coefficient (Wildman–Crippen LogP) is 3.61. The normalized spacial score (nSPS) is 13.1. The molecule has 0 aliphatic rings. The standard InChI is InChI=1S/C18H15F6NO5S/c1-25(31(28,29)14-5-3-4-11(10-14)15(26)30-2)13-8-6-12(7-9-13)16(27,17(19,20)21)18(22,23)24/h3-10,27H,1-2H3. The van der Waals surface area contributed by atoms with Gasteiger partial charge >= 0.3 is 18.3 Å². The molecule has 0 aliphatic heterocycles. The van der Waals surface area contributed by atoms with Gasteiger partial charge in [0, 0.05) is 12.6 Å². The van der Waals surface area contributed by atoms with Crippen LogP contribution >= 0.6 is 0 Å². The van der Waals surface area contributed by atoms with Gasteiger partial charge < -0.3 is 9.84 Å². The monoisotopic (exact) mass is 471 g/mol. The summed E-state index contributed by atoms with van der Waals surface area (Å²) in [5, 5.41) is 9.40. The number of hydrogen-bond acceptors (Lipinski definition) is 5. The molecule has 31 heavy (non-hydrogen) atoms. The van der Waals surface area contributed by atoms with Gasteiger partial charge in [0.1, 0.15) is 0 Å². The van der Waals surface area contributed by atoms with Crippen LogP contribution in [0.3, 0.4) is 0 Å². The summed E-state index contributed by atoms with van der Waals surface area (Å²) in [4.78, 5) is 11.2. The first-order valence-corrected chi connectivity index (χ1v) is 9.65. The Labute approximate surface area is 172 Å². The van der Waals surface area contributed by atoms with Crippen LogP contribution in [0, 0.1) is 0 Å². The lowest BCUT2D eigenvalue weighted by Crippen LogP contribution is -2.53. The van der Waals surface area contributed by atoms with Crippen LogP contribution in [0.4, 0.5) is 32.0 Å². The van der Waals surface area contributed by atoms with Gasteiger partial charge in [-0.15, -0.1) is 0 Å². The van der Waals surface area contributed by atoms with Gasteiger partial charge in [0.15, 0.2) is 0 Å². The van der Waals surface area contributed by atoms with E-state index in [2.05, 4.69) is 4.74 Å². The quantitative estimate of drug-likeness (QED) is 0.532. The predicted molar refractivity (Wildman–Crippen MR) is 95.8 cm³/mol. The highest BCUT2D eigenvalue weighted by Crippen LogP contribution is 2.50. The van der Waals surface area contributed by atoms with E-state index in [0.29, 0.717) is 28.6 Å². The second kappa shape index (κ2) is 8.04. The Morgan fingerprint density at radius 2 is 1.48 bits per heavy atom. The van der Waals surface area contributed by atoms with Crippen molar-refractivity contribution in [2.24, 2.45) is 0 Å². The van der Waals surface area contributed by atoms with Crippen molar-refractivity contribution in [3.8, 4) is 0 Å². The summed E-state index contributed by atoms with van der Waals surface area (Å²) >= 11 is 0. The third kappa shape index (κ3) is 4.32. The minimum Gasteiger partial charge on any atom is -0.465 e. The fourth-order valence-corrected chi connectivity index (χ4v) is 3.84. The summed E-state index contributed by atoms with van der Waals surface area (Å²) in [6.07, 6.45) is -12.1. The Bertz CT molecular complexity index is 1050. The Morgan fingerprint density at radius 3 is 1.94 bits per heavy atom. The molecule has 0 amide bonds. The highest BCUT2D eigenvalue weighted by molar-refractivity contribution is 7.92. The number of carbonyl (C=O) groups is 1. The molecule has 0 bridgehead atoms. The van der Waals surface area contributed by atoms with Crippen molar-refractivity contribution in [2.75, 3.05) is 18.5 Å². The molecular formula is C18H15F6NO5S. The number of carbonyl (C=O) groups excluding carboxylic acids is 1. The van der Waals surface area contributed by atoms with Crippen molar-refractivity contribution in [3.63, 3.8) is 0 Å². The van der Waals surface area contributed by atoms with Gasteiger partial charge in [-0.1, -0.05) is 18.2 Å². The van der Waals surface area contributed by atoms with Crippen LogP contribution in [0.25, 0.3) is 0 Å². The molecule has 2 aromatic rings. The van der Waals surface area contributed by atoms with Crippen molar-refractivity contribution in [1.82, 2.24) is 0 Å². The number of benzene rings is 2. The fourth-order valence-electron chi connectivity index (χ4n) is 2.60. The second-order valence-electron chi connectivity index (χ2n) is 6.24. The molecule has 0 spiro atoms. The Kier molecular flexibility index (Phi) is 6.34. The van der Waals surface area contributed by atoms with E-state index in [0.717, 1.165) is 26.3 Å². The van der Waals surface area contributed by atoms with Gasteiger partial charge in [0.05, 0.1) is 23.3 Å². The Balaban J connectivity index is 2.46. The molecule has 0 radical (unpaired) electrons. The summed E-state index contributed by atoms with van der Waals surface area (Å²) in [6, 6.07) is 6.69. The van der Waals surface area contributed by atoms with Crippen molar-refractivity contribution >= 4 is 21.7 Å². The summed E-state index contributed by atoms with van der Waals surface area (Å²) in [6.45, 7) is 0. The molecule has 6 nitrogen and oxygen atoms in total. The van der Waals surface area contributed by atoms with E-state index in [9.17, 15) is 44.7 Å². The number of hydrogen-bond donors (Lipinski definition) is 1. The molecule has 0 saturated heterocycles. The molecule has 170 valence electrons. The summed E-state index contributed by atoms with van der Waals surface area (Å²) in [5.74, 6) is -0.817. The first-order chi connectivity index (χ1) is 14.1. The topological polar surface area (TPSA) is 83.9 Å². The van der Waals surface area contributed by atoms with Crippen molar-refractivity contribution < 1.29 is 49.4 Å². The molecular weight excluding hydrogens is 456 g/mol. The minimum atomic E-state index is -6.07. The van der Waals surface area contributed by atoms with E-state index in [1.807, 2.05) is 0 Å². The number of methoxy groups -OCH3 is 1. The van der Waals surface area contributed by atoms with Crippen molar-refractivity contribution in [2.45, 2.75) is 22.8 Å². The molecule has 0 fully saturated rings. The molecule has 0 aromatic heterocycles. The number of sulfonamides is 1. The van der Waals surface area contributed by atoms with Crippen LogP contribution < -0.4 is 4.31 Å². The first-order valence-electron chi connectivity index (χ1n) is 8.21. The summed E-state index contributed by atoms with van der Waals surface area (Å²) in [7, 11) is -2.25. The van der Waals surface area contributed by atoms with Crippen LogP contribution in [0.2, 0.25) is 0 Å². The maximum atomic E-state index is 13.0. The van der Waals surface area contributed by atoms with Gasteiger partial charge in [-0.05, 0) is 30.3 Å². The number of halogens is 6. The SMILES string of the molecule is COC(=O)c1cccc(S(=O)(=O)N(C)c2ccc(C(O)(C(F)(F)F)C(F)(F)F)cc2)c1. The van der Waals surface area contributed by atoms with Gasteiger partial charge in [0.25, 0.3) is 15.6 Å². The van der Waals surface area contributed by atoms with Crippen LogP contribution in [-0.4, -0.2) is 46.0 Å². The molecule has 0 heterocycles. The number of aliphatic hydroxyl groups is 1. The highest BCUT2D eigenvalue weighted by Gasteiger charge is 2.71. The number of alkyl halides is 6. The Hall–Kier alpha value is -2.80. The zero-order valence-electron chi connectivity index (χ0n) is 15.8. The average Bonchev–Trinajstić information content (AvgIpc) is 2.70. The minimum absolute atomic E-state index is 0.0901. The van der Waals surface area contributed by atoms with Crippen LogP contribution in [0.15, 0.2) is 53.4 Å². The lowest BCUT2D eigenvalue weighted by Gasteiger charge is -2.33. The number of rotatable bonds is 5. The second-order valence-corrected chi connectivity index (χ2v) is 8.21. The number of ether oxygens (including phenoxy) is 1. The molecule has 0 atom stereocenters. The third-order valence-corrected chi connectivity index (χ3v) is 6.16. The van der Waals surface area contributed by atoms with E-state index < -0.39 is 39.5 Å². The van der Waals surface area contributed by atoms with Gasteiger partial charge in [-0.2, -0.15) is 26.3 Å². The van der Waals surface area contributed by atoms with Crippen molar-refractivity contribution in [1.29, 1.82) is 0 Å². The average molecular weight is 471 g/mol. The van der Waals surface area contributed by atoms with E-state index in [4.69, 9.17) is 0 Å². The molecule has 1 N–H and O–H groups in total. The van der Waals surface area contributed by atoms with E-state index >= 15 is 0 Å². The molecule has 2 aromatic carbocycles. The van der Waals surface area contributed by atoms with Gasteiger partial charge in [0.2, 0.25) is 0 Å². The molecule has 0 saturated carbocycles. The van der Waals surface area contributed by atoms with Crippen molar-refractivity contribution in [3.05, 3.63) is 59.7 Å². The highest BCUT2D eigenvalue weighted by atomic mass is 32.2. The Morgan fingerprint density at radius 1 is 0.968 bits per heavy atom. The molecule has 2 rings (SSSR count). The number of nitrogens with zero attached hydrogens (tertiary/aromatic N) is 1. The van der Waals surface area contributed by atoms with Crippen LogP contribution in [0.5, 0.6) is 0 Å². The number of esters is 1. The summed E-state index contributed by atoms with van der Waals surface area (Å²) < 4.78 is 108. The van der Waals surface area contributed by atoms with Gasteiger partial charge in [-0.25, -0.2) is 13.2 Å². The zero-order chi connectivity index (χ0) is 23.8. The van der Waals surface area contributed by atoms with E-state index in [1.165, 1.54) is 12.1 Å². The lowest BCUT2D eigenvalue weighted by molar-refractivity contribution is -0.376. The maximum Gasteiger partial charge on any atom is 0.430 e. The van der Waals surface area contributed by atoms with E-state index in [-0.39, 0.29) is 16.1 Å². The largest absolute Gasteiger partial charge is 0.465 e. The first kappa shape index (κ1) is 24.5. The molecule has 0 aliphatic carbocycles. The van der Waals surface area contributed by atoms with Gasteiger partial charge in [-0.3, -0.25) is 4.31 Å². The van der Waals surface area contributed by atoms with Crippen LogP contribution in [0.1, 0.15) is 15.9 Å². The molecule has 13 heteroatoms. The molecule has 0 unspecified atom stereocenters. The summed E-state index contributed by atoms with van der Waals surface area (Å²) in [5.41, 5.74) is -7.05. The van der Waals surface area contributed by atoms with Crippen LogP contribution in [-0.2, 0) is 20.4 Å². The lowest BCUT2D eigenvalue weighted by atomic mass is 9.92. The zero-order valence-corrected chi connectivity index (χ0v) is 16.6. The third-order valence-electron chi connectivity index (χ3n) is 4.38. The maximum absolute atomic E-state index is 13.0.